The third kappa shape index (κ3) is 7.57. The molecule has 2 amide bonds. The minimum absolute atomic E-state index is 0.0573. The van der Waals surface area contributed by atoms with Crippen molar-refractivity contribution in [3.8, 4) is 0 Å². The Bertz CT molecular complexity index is 536. The topological polar surface area (TPSA) is 159 Å². The van der Waals surface area contributed by atoms with Crippen LogP contribution in [0.4, 0.5) is 9.59 Å². The third-order valence-corrected chi connectivity index (χ3v) is 2.90. The summed E-state index contributed by atoms with van der Waals surface area (Å²) < 4.78 is 22.9. The van der Waals surface area contributed by atoms with Gasteiger partial charge in [0.05, 0.1) is 4.90 Å². The molecule has 0 aliphatic heterocycles. The summed E-state index contributed by atoms with van der Waals surface area (Å²) in [6.07, 6.45) is -1.83. The zero-order valence-corrected chi connectivity index (χ0v) is 10.6. The van der Waals surface area contributed by atoms with Crippen LogP contribution in [0.5, 0.6) is 0 Å². The Morgan fingerprint density at radius 1 is 1.16 bits per heavy atom. The predicted octanol–water partition coefficient (Wildman–Crippen LogP) is 0.0790. The number of hydrazine groups is 1. The molecule has 19 heavy (non-hydrogen) atoms. The maximum atomic E-state index is 11.5. The van der Waals surface area contributed by atoms with E-state index in [1.807, 2.05) is 11.8 Å². The fourth-order valence-electron chi connectivity index (χ4n) is 0.894. The summed E-state index contributed by atoms with van der Waals surface area (Å²) in [5.41, 5.74) is 7.47. The zero-order chi connectivity index (χ0) is 15.1. The van der Waals surface area contributed by atoms with E-state index in [9.17, 15) is 13.2 Å². The molecule has 0 saturated heterocycles. The first-order valence-electron chi connectivity index (χ1n) is 4.71. The molecule has 0 unspecified atom stereocenters. The number of amides is 2. The number of hydrogen-bond donors (Lipinski definition) is 5. The van der Waals surface area contributed by atoms with E-state index in [4.69, 9.17) is 20.7 Å². The van der Waals surface area contributed by atoms with Crippen molar-refractivity contribution in [2.45, 2.75) is 11.8 Å². The highest BCUT2D eigenvalue weighted by Gasteiger charge is 2.13. The molecule has 1 aromatic rings. The van der Waals surface area contributed by atoms with Gasteiger partial charge in [0, 0.05) is 0 Å². The number of carboxylic acid groups (broad SMARTS) is 2. The van der Waals surface area contributed by atoms with Crippen LogP contribution < -0.4 is 16.0 Å². The Balaban J connectivity index is 0.000000711. The SMILES string of the molecule is Cc1ccc(S(=O)(=O)NNC(N)=O)cc1.O=C(O)O. The molecule has 0 saturated carbocycles. The van der Waals surface area contributed by atoms with Crippen LogP contribution in [-0.2, 0) is 10.0 Å². The second kappa shape index (κ2) is 7.18. The second-order valence-electron chi connectivity index (χ2n) is 3.19. The van der Waals surface area contributed by atoms with Crippen molar-refractivity contribution in [1.29, 1.82) is 0 Å². The van der Waals surface area contributed by atoms with Gasteiger partial charge in [-0.3, -0.25) is 5.43 Å². The Kier molecular flexibility index (Phi) is 6.30. The molecular weight excluding hydrogens is 278 g/mol. The fraction of sp³-hybridized carbons (Fsp3) is 0.111. The number of nitrogens with one attached hydrogen (secondary N) is 2. The Hall–Kier alpha value is -2.33. The number of carbonyl (C=O) groups excluding carboxylic acids is 1. The van der Waals surface area contributed by atoms with Gasteiger partial charge in [0.25, 0.3) is 10.0 Å². The quantitative estimate of drug-likeness (QED) is 0.496. The first-order valence-corrected chi connectivity index (χ1v) is 6.19. The van der Waals surface area contributed by atoms with Gasteiger partial charge in [-0.15, -0.1) is 4.83 Å². The molecule has 10 heteroatoms. The van der Waals surface area contributed by atoms with Crippen molar-refractivity contribution in [3.05, 3.63) is 29.8 Å². The first-order chi connectivity index (χ1) is 8.65. The Labute approximate surface area is 109 Å². The maximum absolute atomic E-state index is 11.5. The molecule has 0 aliphatic carbocycles. The van der Waals surface area contributed by atoms with Gasteiger partial charge in [0.15, 0.2) is 0 Å². The van der Waals surface area contributed by atoms with E-state index in [1.165, 1.54) is 12.1 Å². The Morgan fingerprint density at radius 2 is 1.58 bits per heavy atom. The van der Waals surface area contributed by atoms with E-state index in [0.717, 1.165) is 5.56 Å². The van der Waals surface area contributed by atoms with E-state index < -0.39 is 22.2 Å². The Morgan fingerprint density at radius 3 is 1.95 bits per heavy atom. The number of urea groups is 1. The molecule has 0 radical (unpaired) electrons. The monoisotopic (exact) mass is 291 g/mol. The minimum Gasteiger partial charge on any atom is -0.450 e. The van der Waals surface area contributed by atoms with Crippen LogP contribution in [0.1, 0.15) is 5.56 Å². The summed E-state index contributed by atoms with van der Waals surface area (Å²) in [4.78, 5) is 20.8. The minimum atomic E-state index is -3.73. The largest absolute Gasteiger partial charge is 0.503 e. The maximum Gasteiger partial charge on any atom is 0.503 e. The van der Waals surface area contributed by atoms with Gasteiger partial charge in [0.2, 0.25) is 0 Å². The van der Waals surface area contributed by atoms with Gasteiger partial charge < -0.3 is 15.9 Å². The van der Waals surface area contributed by atoms with Crippen molar-refractivity contribution >= 4 is 22.2 Å². The highest BCUT2D eigenvalue weighted by Crippen LogP contribution is 2.08. The van der Waals surface area contributed by atoms with E-state index in [2.05, 4.69) is 0 Å². The summed E-state index contributed by atoms with van der Waals surface area (Å²) in [5.74, 6) is 0. The summed E-state index contributed by atoms with van der Waals surface area (Å²) in [6, 6.07) is 5.20. The van der Waals surface area contributed by atoms with E-state index >= 15 is 0 Å². The summed E-state index contributed by atoms with van der Waals surface area (Å²) in [6.45, 7) is 1.84. The molecule has 0 bridgehead atoms. The van der Waals surface area contributed by atoms with Gasteiger partial charge in [-0.2, -0.15) is 0 Å². The predicted molar refractivity (Wildman–Crippen MR) is 64.9 cm³/mol. The summed E-state index contributed by atoms with van der Waals surface area (Å²) in [5, 5.41) is 13.9. The molecule has 9 nitrogen and oxygen atoms in total. The van der Waals surface area contributed by atoms with Crippen LogP contribution in [0.3, 0.4) is 0 Å². The molecule has 0 spiro atoms. The van der Waals surface area contributed by atoms with Crippen LogP contribution in [0.2, 0.25) is 0 Å². The van der Waals surface area contributed by atoms with Crippen molar-refractivity contribution in [2.24, 2.45) is 5.73 Å². The molecule has 0 aromatic heterocycles. The molecule has 0 heterocycles. The van der Waals surface area contributed by atoms with Gasteiger partial charge in [-0.25, -0.2) is 18.0 Å². The number of hydrogen-bond acceptors (Lipinski definition) is 4. The number of nitrogens with two attached hydrogens (primary N) is 1. The standard InChI is InChI=1S/C8H11N3O3S.CH2O3/c1-6-2-4-7(5-3-6)15(13,14)11-10-8(9)12;2-1(3)4/h2-5,11H,1H3,(H3,9,10,12);(H2,2,3,4). The molecule has 6 N–H and O–H groups in total. The van der Waals surface area contributed by atoms with E-state index in [1.54, 1.807) is 17.6 Å². The second-order valence-corrected chi connectivity index (χ2v) is 4.87. The number of sulfonamides is 1. The molecule has 1 aromatic carbocycles. The lowest BCUT2D eigenvalue weighted by molar-refractivity contribution is 0.137. The molecule has 0 aliphatic rings. The fourth-order valence-corrected chi connectivity index (χ4v) is 1.74. The molecule has 0 atom stereocenters. The highest BCUT2D eigenvalue weighted by atomic mass is 32.2. The normalized spacial score (nSPS) is 9.95. The van der Waals surface area contributed by atoms with Crippen LogP contribution in [0.15, 0.2) is 29.2 Å². The summed E-state index contributed by atoms with van der Waals surface area (Å²) in [7, 11) is -3.73. The van der Waals surface area contributed by atoms with Crippen LogP contribution in [0.25, 0.3) is 0 Å². The molecular formula is C9H13N3O6S. The van der Waals surface area contributed by atoms with Crippen LogP contribution >= 0.6 is 0 Å². The number of rotatable bonds is 3. The highest BCUT2D eigenvalue weighted by molar-refractivity contribution is 7.89. The zero-order valence-electron chi connectivity index (χ0n) is 9.82. The van der Waals surface area contributed by atoms with E-state index in [-0.39, 0.29) is 4.90 Å². The lowest BCUT2D eigenvalue weighted by Crippen LogP contribution is -2.44. The summed E-state index contributed by atoms with van der Waals surface area (Å²) >= 11 is 0. The van der Waals surface area contributed by atoms with Gasteiger partial charge >= 0.3 is 12.2 Å². The van der Waals surface area contributed by atoms with Crippen LogP contribution in [0, 0.1) is 6.92 Å². The van der Waals surface area contributed by atoms with Gasteiger partial charge in [-0.05, 0) is 19.1 Å². The third-order valence-electron chi connectivity index (χ3n) is 1.64. The number of carbonyl (C=O) groups is 2. The molecule has 0 fully saturated rings. The van der Waals surface area contributed by atoms with Gasteiger partial charge in [-0.1, -0.05) is 17.7 Å². The number of primary amides is 1. The number of benzene rings is 1. The average molecular weight is 291 g/mol. The molecule has 106 valence electrons. The smallest absolute Gasteiger partial charge is 0.450 e. The average Bonchev–Trinajstić information content (AvgIpc) is 2.26. The van der Waals surface area contributed by atoms with Crippen molar-refractivity contribution in [2.75, 3.05) is 0 Å². The number of aryl methyl sites for hydroxylation is 1. The molecule has 1 rings (SSSR count). The van der Waals surface area contributed by atoms with Crippen molar-refractivity contribution in [3.63, 3.8) is 0 Å². The van der Waals surface area contributed by atoms with Gasteiger partial charge in [0.1, 0.15) is 0 Å². The van der Waals surface area contributed by atoms with Crippen molar-refractivity contribution in [1.82, 2.24) is 10.3 Å². The van der Waals surface area contributed by atoms with E-state index in [0.29, 0.717) is 0 Å². The lowest BCUT2D eigenvalue weighted by atomic mass is 10.2. The lowest BCUT2D eigenvalue weighted by Gasteiger charge is -2.06. The van der Waals surface area contributed by atoms with Crippen molar-refractivity contribution < 1.29 is 28.2 Å². The van der Waals surface area contributed by atoms with Crippen LogP contribution in [-0.4, -0.2) is 30.8 Å². The first kappa shape index (κ1) is 16.7.